The topological polar surface area (TPSA) is 74.8 Å². The minimum absolute atomic E-state index is 0.0174. The van der Waals surface area contributed by atoms with Crippen LogP contribution in [0.5, 0.6) is 0 Å². The monoisotopic (exact) mass is 438 g/mol. The molecule has 1 saturated carbocycles. The van der Waals surface area contributed by atoms with E-state index in [1.54, 1.807) is 7.11 Å². The van der Waals surface area contributed by atoms with E-state index < -0.39 is 0 Å². The summed E-state index contributed by atoms with van der Waals surface area (Å²) < 4.78 is 6.24. The maximum atomic E-state index is 12.1. The molecule has 1 fully saturated rings. The Morgan fingerprint density at radius 2 is 2.00 bits per heavy atom. The van der Waals surface area contributed by atoms with E-state index in [2.05, 4.69) is 31.9 Å². The Labute approximate surface area is 170 Å². The Bertz CT molecular complexity index is 615. The van der Waals surface area contributed by atoms with E-state index in [9.17, 15) is 4.79 Å². The summed E-state index contributed by atoms with van der Waals surface area (Å²) in [4.78, 5) is 16.8. The molecule has 0 spiro atoms. The average Bonchev–Trinajstić information content (AvgIpc) is 2.62. The molecule has 0 radical (unpaired) electrons. The second-order valence-electron chi connectivity index (χ2n) is 7.02. The van der Waals surface area contributed by atoms with Gasteiger partial charge < -0.3 is 20.7 Å². The van der Waals surface area contributed by atoms with Gasteiger partial charge >= 0.3 is 0 Å². The minimum Gasteiger partial charge on any atom is -0.385 e. The fourth-order valence-electron chi connectivity index (χ4n) is 3.12. The van der Waals surface area contributed by atoms with E-state index in [0.29, 0.717) is 13.0 Å². The van der Waals surface area contributed by atoms with Gasteiger partial charge in [0.15, 0.2) is 5.96 Å². The molecule has 27 heavy (non-hydrogen) atoms. The standard InChI is InChI=1S/C20H31BrN4O2/c1-3-22-19(24-15-20(10-4-11-20)12-14-27-2)23-13-9-18(26)25-17-7-5-16(21)6-8-17/h5-8H,3-4,9-15H2,1-2H3,(H,25,26)(H2,22,23,24). The van der Waals surface area contributed by atoms with E-state index >= 15 is 0 Å². The summed E-state index contributed by atoms with van der Waals surface area (Å²) >= 11 is 3.39. The van der Waals surface area contributed by atoms with Crippen LogP contribution in [0.2, 0.25) is 0 Å². The number of ether oxygens (including phenoxy) is 1. The van der Waals surface area contributed by atoms with Crippen molar-refractivity contribution in [1.29, 1.82) is 0 Å². The second-order valence-corrected chi connectivity index (χ2v) is 7.94. The van der Waals surface area contributed by atoms with Crippen molar-refractivity contribution in [2.24, 2.45) is 10.4 Å². The van der Waals surface area contributed by atoms with Crippen molar-refractivity contribution in [1.82, 2.24) is 10.6 Å². The van der Waals surface area contributed by atoms with E-state index in [-0.39, 0.29) is 11.3 Å². The number of halogens is 1. The average molecular weight is 439 g/mol. The largest absolute Gasteiger partial charge is 0.385 e. The zero-order chi connectivity index (χ0) is 19.5. The van der Waals surface area contributed by atoms with Crippen LogP contribution in [0, 0.1) is 5.41 Å². The molecule has 6 nitrogen and oxygen atoms in total. The predicted molar refractivity (Wildman–Crippen MR) is 114 cm³/mol. The molecule has 1 aromatic rings. The highest BCUT2D eigenvalue weighted by molar-refractivity contribution is 9.10. The molecular formula is C20H31BrN4O2. The van der Waals surface area contributed by atoms with Crippen molar-refractivity contribution >= 4 is 33.5 Å². The zero-order valence-electron chi connectivity index (χ0n) is 16.3. The molecule has 1 aromatic carbocycles. The number of guanidine groups is 1. The molecule has 0 unspecified atom stereocenters. The van der Waals surface area contributed by atoms with Gasteiger partial charge in [0.25, 0.3) is 0 Å². The van der Waals surface area contributed by atoms with Gasteiger partial charge in [-0.25, -0.2) is 0 Å². The van der Waals surface area contributed by atoms with Crippen LogP contribution in [0.3, 0.4) is 0 Å². The van der Waals surface area contributed by atoms with Crippen molar-refractivity contribution in [3.8, 4) is 0 Å². The molecule has 1 aliphatic carbocycles. The van der Waals surface area contributed by atoms with Gasteiger partial charge in [-0.3, -0.25) is 9.79 Å². The van der Waals surface area contributed by atoms with E-state index in [1.165, 1.54) is 19.3 Å². The number of methoxy groups -OCH3 is 1. The van der Waals surface area contributed by atoms with Crippen LogP contribution in [0.25, 0.3) is 0 Å². The van der Waals surface area contributed by atoms with Crippen molar-refractivity contribution < 1.29 is 9.53 Å². The molecule has 7 heteroatoms. The molecule has 150 valence electrons. The molecule has 1 aliphatic rings. The first kappa shape index (κ1) is 21.7. The highest BCUT2D eigenvalue weighted by Crippen LogP contribution is 2.44. The number of rotatable bonds is 10. The van der Waals surface area contributed by atoms with Gasteiger partial charge in [0, 0.05) is 49.9 Å². The first-order valence-electron chi connectivity index (χ1n) is 9.63. The van der Waals surface area contributed by atoms with Gasteiger partial charge in [-0.2, -0.15) is 0 Å². The van der Waals surface area contributed by atoms with Crippen LogP contribution in [0.15, 0.2) is 33.7 Å². The van der Waals surface area contributed by atoms with Gasteiger partial charge in [-0.05, 0) is 55.9 Å². The number of nitrogens with one attached hydrogen (secondary N) is 3. The number of aliphatic imine (C=N–C) groups is 1. The van der Waals surface area contributed by atoms with Gasteiger partial charge in [-0.15, -0.1) is 0 Å². The summed E-state index contributed by atoms with van der Waals surface area (Å²) in [5.74, 6) is 0.758. The van der Waals surface area contributed by atoms with E-state index in [1.807, 2.05) is 31.2 Å². The van der Waals surface area contributed by atoms with Crippen molar-refractivity contribution in [2.45, 2.75) is 39.0 Å². The Balaban J connectivity index is 1.77. The quantitative estimate of drug-likeness (QED) is 0.385. The maximum Gasteiger partial charge on any atom is 0.226 e. The summed E-state index contributed by atoms with van der Waals surface area (Å²) in [7, 11) is 1.75. The predicted octanol–water partition coefficient (Wildman–Crippen LogP) is 3.54. The van der Waals surface area contributed by atoms with Crippen LogP contribution < -0.4 is 16.0 Å². The Morgan fingerprint density at radius 3 is 2.59 bits per heavy atom. The summed E-state index contributed by atoms with van der Waals surface area (Å²) in [6.45, 7) is 4.97. The molecule has 0 atom stereocenters. The molecule has 0 heterocycles. The summed E-state index contributed by atoms with van der Waals surface area (Å²) in [6.07, 6.45) is 5.15. The highest BCUT2D eigenvalue weighted by atomic mass is 79.9. The lowest BCUT2D eigenvalue weighted by molar-refractivity contribution is -0.116. The lowest BCUT2D eigenvalue weighted by Crippen LogP contribution is -2.41. The van der Waals surface area contributed by atoms with Crippen molar-refractivity contribution in [3.05, 3.63) is 28.7 Å². The van der Waals surface area contributed by atoms with Gasteiger partial charge in [0.2, 0.25) is 5.91 Å². The molecule has 0 aromatic heterocycles. The fraction of sp³-hybridized carbons (Fsp3) is 0.600. The van der Waals surface area contributed by atoms with Crippen molar-refractivity contribution in [3.63, 3.8) is 0 Å². The van der Waals surface area contributed by atoms with Crippen molar-refractivity contribution in [2.75, 3.05) is 38.7 Å². The highest BCUT2D eigenvalue weighted by Gasteiger charge is 2.36. The van der Waals surface area contributed by atoms with E-state index in [0.717, 1.165) is 42.2 Å². The molecule has 3 N–H and O–H groups in total. The molecule has 0 bridgehead atoms. The number of benzene rings is 1. The second kappa shape index (κ2) is 11.3. The molecule has 0 aliphatic heterocycles. The van der Waals surface area contributed by atoms with Crippen LogP contribution in [0.1, 0.15) is 39.0 Å². The lowest BCUT2D eigenvalue weighted by Gasteiger charge is -2.40. The van der Waals surface area contributed by atoms with Crippen LogP contribution >= 0.6 is 15.9 Å². The Morgan fingerprint density at radius 1 is 1.26 bits per heavy atom. The zero-order valence-corrected chi connectivity index (χ0v) is 17.9. The number of hydrogen-bond donors (Lipinski definition) is 3. The first-order chi connectivity index (χ1) is 13.1. The van der Waals surface area contributed by atoms with Gasteiger partial charge in [0.1, 0.15) is 0 Å². The van der Waals surface area contributed by atoms with Gasteiger partial charge in [0.05, 0.1) is 0 Å². The number of carbonyl (C=O) groups excluding carboxylic acids is 1. The summed E-state index contributed by atoms with van der Waals surface area (Å²) in [5.41, 5.74) is 1.09. The molecule has 2 rings (SSSR count). The number of nitrogens with zero attached hydrogens (tertiary/aromatic N) is 1. The normalized spacial score (nSPS) is 15.7. The maximum absolute atomic E-state index is 12.1. The Hall–Kier alpha value is -1.60. The first-order valence-corrected chi connectivity index (χ1v) is 10.4. The molecule has 0 saturated heterocycles. The van der Waals surface area contributed by atoms with Crippen LogP contribution in [-0.2, 0) is 9.53 Å². The number of amides is 1. The minimum atomic E-state index is -0.0174. The third-order valence-corrected chi connectivity index (χ3v) is 5.47. The van der Waals surface area contributed by atoms with Crippen LogP contribution in [0.4, 0.5) is 5.69 Å². The third-order valence-electron chi connectivity index (χ3n) is 4.94. The Kier molecular flexibility index (Phi) is 9.07. The third kappa shape index (κ3) is 7.50. The number of anilines is 1. The smallest absolute Gasteiger partial charge is 0.226 e. The summed E-state index contributed by atoms with van der Waals surface area (Å²) in [6, 6.07) is 7.56. The number of hydrogen-bond acceptors (Lipinski definition) is 3. The van der Waals surface area contributed by atoms with Gasteiger partial charge in [-0.1, -0.05) is 22.4 Å². The SMILES string of the molecule is CCNC(=NCC1(CCOC)CCC1)NCCC(=O)Nc1ccc(Br)cc1. The summed E-state index contributed by atoms with van der Waals surface area (Å²) in [5, 5.41) is 9.42. The lowest BCUT2D eigenvalue weighted by atomic mass is 9.67. The van der Waals surface area contributed by atoms with E-state index in [4.69, 9.17) is 9.73 Å². The number of carbonyl (C=O) groups is 1. The van der Waals surface area contributed by atoms with Crippen LogP contribution in [-0.4, -0.2) is 45.2 Å². The molecule has 1 amide bonds. The molecular weight excluding hydrogens is 408 g/mol. The fourth-order valence-corrected chi connectivity index (χ4v) is 3.39.